The van der Waals surface area contributed by atoms with Gasteiger partial charge in [0, 0.05) is 24.2 Å². The highest BCUT2D eigenvalue weighted by Crippen LogP contribution is 2.18. The lowest BCUT2D eigenvalue weighted by Crippen LogP contribution is -2.18. The van der Waals surface area contributed by atoms with Crippen molar-refractivity contribution in [2.75, 3.05) is 0 Å². The molecule has 2 heteroatoms. The molecule has 0 spiro atoms. The second-order valence-electron chi connectivity index (χ2n) is 5.50. The number of para-hydroxylation sites is 1. The fourth-order valence-electron chi connectivity index (χ4n) is 2.55. The fourth-order valence-corrected chi connectivity index (χ4v) is 2.55. The van der Waals surface area contributed by atoms with Crippen LogP contribution in [0.15, 0.2) is 60.8 Å². The smallest absolute Gasteiger partial charge is 0.0705 e. The molecule has 0 unspecified atom stereocenters. The number of nitrogens with zero attached hydrogens (tertiary/aromatic N) is 1. The van der Waals surface area contributed by atoms with E-state index in [1.807, 2.05) is 12.3 Å². The summed E-state index contributed by atoms with van der Waals surface area (Å²) in [4.78, 5) is 4.41. The SMILES string of the molecule is Cc1ccc([C@H](C)NCc2ccnc3ccccc23)cc1. The molecule has 3 aromatic rings. The Balaban J connectivity index is 1.76. The van der Waals surface area contributed by atoms with Crippen molar-refractivity contribution in [1.29, 1.82) is 0 Å². The largest absolute Gasteiger partial charge is 0.306 e. The predicted octanol–water partition coefficient (Wildman–Crippen LogP) is 4.39. The number of aryl methyl sites for hydroxylation is 1. The molecule has 0 fully saturated rings. The summed E-state index contributed by atoms with van der Waals surface area (Å²) in [6, 6.07) is 19.4. The molecule has 2 aromatic carbocycles. The highest BCUT2D eigenvalue weighted by atomic mass is 14.9. The van der Waals surface area contributed by atoms with Gasteiger partial charge >= 0.3 is 0 Å². The van der Waals surface area contributed by atoms with Gasteiger partial charge in [0.15, 0.2) is 0 Å². The van der Waals surface area contributed by atoms with Crippen LogP contribution in [0.5, 0.6) is 0 Å². The third-order valence-electron chi connectivity index (χ3n) is 3.92. The number of pyridine rings is 1. The molecular formula is C19H20N2. The second kappa shape index (κ2) is 6.06. The molecule has 3 rings (SSSR count). The average Bonchev–Trinajstić information content (AvgIpc) is 2.53. The van der Waals surface area contributed by atoms with Gasteiger partial charge in [-0.05, 0) is 37.1 Å². The number of rotatable bonds is 4. The Morgan fingerprint density at radius 1 is 1.00 bits per heavy atom. The maximum absolute atomic E-state index is 4.41. The zero-order valence-electron chi connectivity index (χ0n) is 12.5. The lowest BCUT2D eigenvalue weighted by atomic mass is 10.1. The quantitative estimate of drug-likeness (QED) is 0.764. The molecule has 0 aliphatic carbocycles. The van der Waals surface area contributed by atoms with E-state index >= 15 is 0 Å². The van der Waals surface area contributed by atoms with Gasteiger partial charge in [-0.1, -0.05) is 48.0 Å². The third kappa shape index (κ3) is 3.11. The molecule has 21 heavy (non-hydrogen) atoms. The Morgan fingerprint density at radius 3 is 2.57 bits per heavy atom. The van der Waals surface area contributed by atoms with E-state index in [0.717, 1.165) is 12.1 Å². The predicted molar refractivity (Wildman–Crippen MR) is 88.2 cm³/mol. The van der Waals surface area contributed by atoms with E-state index in [9.17, 15) is 0 Å². The molecule has 106 valence electrons. The molecule has 0 saturated carbocycles. The van der Waals surface area contributed by atoms with Gasteiger partial charge in [0.2, 0.25) is 0 Å². The van der Waals surface area contributed by atoms with E-state index in [0.29, 0.717) is 6.04 Å². The lowest BCUT2D eigenvalue weighted by molar-refractivity contribution is 0.576. The van der Waals surface area contributed by atoms with Crippen LogP contribution in [0, 0.1) is 6.92 Å². The normalized spacial score (nSPS) is 12.5. The Kier molecular flexibility index (Phi) is 3.98. The summed E-state index contributed by atoms with van der Waals surface area (Å²) in [5.74, 6) is 0. The van der Waals surface area contributed by atoms with Gasteiger partial charge < -0.3 is 5.32 Å². The minimum absolute atomic E-state index is 0.331. The summed E-state index contributed by atoms with van der Waals surface area (Å²) in [6.07, 6.45) is 1.88. The van der Waals surface area contributed by atoms with Crippen LogP contribution in [-0.4, -0.2) is 4.98 Å². The van der Waals surface area contributed by atoms with Gasteiger partial charge in [0.05, 0.1) is 5.52 Å². The van der Waals surface area contributed by atoms with Crippen molar-refractivity contribution in [2.45, 2.75) is 26.4 Å². The molecule has 1 atom stereocenters. The minimum Gasteiger partial charge on any atom is -0.306 e. The van der Waals surface area contributed by atoms with E-state index in [4.69, 9.17) is 0 Å². The van der Waals surface area contributed by atoms with Gasteiger partial charge in [-0.25, -0.2) is 0 Å². The number of hydrogen-bond acceptors (Lipinski definition) is 2. The van der Waals surface area contributed by atoms with Crippen molar-refractivity contribution >= 4 is 10.9 Å². The number of aromatic nitrogens is 1. The van der Waals surface area contributed by atoms with Crippen LogP contribution < -0.4 is 5.32 Å². The first kappa shape index (κ1) is 13.8. The molecule has 1 heterocycles. The molecule has 0 aliphatic heterocycles. The van der Waals surface area contributed by atoms with Crippen LogP contribution in [0.1, 0.15) is 29.7 Å². The molecule has 0 amide bonds. The van der Waals surface area contributed by atoms with Gasteiger partial charge in [-0.15, -0.1) is 0 Å². The van der Waals surface area contributed by atoms with Gasteiger partial charge in [-0.3, -0.25) is 4.98 Å². The van der Waals surface area contributed by atoms with E-state index in [1.54, 1.807) is 0 Å². The van der Waals surface area contributed by atoms with E-state index in [-0.39, 0.29) is 0 Å². The highest BCUT2D eigenvalue weighted by Gasteiger charge is 2.06. The number of nitrogens with one attached hydrogen (secondary N) is 1. The highest BCUT2D eigenvalue weighted by molar-refractivity contribution is 5.81. The van der Waals surface area contributed by atoms with Gasteiger partial charge in [0.25, 0.3) is 0 Å². The van der Waals surface area contributed by atoms with Crippen LogP contribution >= 0.6 is 0 Å². The molecule has 1 aromatic heterocycles. The van der Waals surface area contributed by atoms with Crippen molar-refractivity contribution in [1.82, 2.24) is 10.3 Å². The maximum atomic E-state index is 4.41. The van der Waals surface area contributed by atoms with Crippen LogP contribution in [0.4, 0.5) is 0 Å². The summed E-state index contributed by atoms with van der Waals surface area (Å²) >= 11 is 0. The zero-order valence-corrected chi connectivity index (χ0v) is 12.5. The standard InChI is InChI=1S/C19H20N2/c1-14-7-9-16(10-8-14)15(2)21-13-17-11-12-20-19-6-4-3-5-18(17)19/h3-12,15,21H,13H2,1-2H3/t15-/m0/s1. The Hall–Kier alpha value is -2.19. The Labute approximate surface area is 125 Å². The summed E-state index contributed by atoms with van der Waals surface area (Å²) in [5, 5.41) is 4.82. The summed E-state index contributed by atoms with van der Waals surface area (Å²) in [5.41, 5.74) is 4.96. The molecule has 0 saturated heterocycles. The molecular weight excluding hydrogens is 256 g/mol. The number of benzene rings is 2. The van der Waals surface area contributed by atoms with Crippen molar-refractivity contribution in [3.05, 3.63) is 77.5 Å². The Morgan fingerprint density at radius 2 is 1.76 bits per heavy atom. The second-order valence-corrected chi connectivity index (χ2v) is 5.50. The van der Waals surface area contributed by atoms with E-state index in [1.165, 1.54) is 22.1 Å². The zero-order chi connectivity index (χ0) is 14.7. The summed E-state index contributed by atoms with van der Waals surface area (Å²) in [6.45, 7) is 5.16. The van der Waals surface area contributed by atoms with Gasteiger partial charge in [0.1, 0.15) is 0 Å². The minimum atomic E-state index is 0.331. The van der Waals surface area contributed by atoms with Crippen molar-refractivity contribution < 1.29 is 0 Å². The van der Waals surface area contributed by atoms with Crippen molar-refractivity contribution in [3.63, 3.8) is 0 Å². The van der Waals surface area contributed by atoms with Gasteiger partial charge in [-0.2, -0.15) is 0 Å². The van der Waals surface area contributed by atoms with E-state index in [2.05, 4.69) is 72.7 Å². The monoisotopic (exact) mass is 276 g/mol. The number of fused-ring (bicyclic) bond motifs is 1. The Bertz CT molecular complexity index is 727. The molecule has 0 aliphatic rings. The summed E-state index contributed by atoms with van der Waals surface area (Å²) in [7, 11) is 0. The van der Waals surface area contributed by atoms with Crippen molar-refractivity contribution in [3.8, 4) is 0 Å². The van der Waals surface area contributed by atoms with Crippen LogP contribution in [0.25, 0.3) is 10.9 Å². The number of hydrogen-bond donors (Lipinski definition) is 1. The molecule has 0 radical (unpaired) electrons. The first-order chi connectivity index (χ1) is 10.2. The first-order valence-electron chi connectivity index (χ1n) is 7.36. The lowest BCUT2D eigenvalue weighted by Gasteiger charge is -2.15. The van der Waals surface area contributed by atoms with Crippen LogP contribution in [-0.2, 0) is 6.54 Å². The fraction of sp³-hybridized carbons (Fsp3) is 0.211. The van der Waals surface area contributed by atoms with Crippen LogP contribution in [0.3, 0.4) is 0 Å². The summed E-state index contributed by atoms with van der Waals surface area (Å²) < 4.78 is 0. The molecule has 1 N–H and O–H groups in total. The first-order valence-corrected chi connectivity index (χ1v) is 7.36. The van der Waals surface area contributed by atoms with Crippen LogP contribution in [0.2, 0.25) is 0 Å². The molecule has 2 nitrogen and oxygen atoms in total. The maximum Gasteiger partial charge on any atom is 0.0705 e. The average molecular weight is 276 g/mol. The third-order valence-corrected chi connectivity index (χ3v) is 3.92. The van der Waals surface area contributed by atoms with E-state index < -0.39 is 0 Å². The van der Waals surface area contributed by atoms with Crippen molar-refractivity contribution in [2.24, 2.45) is 0 Å². The molecule has 0 bridgehead atoms. The topological polar surface area (TPSA) is 24.9 Å².